The number of thioether (sulfide) groups is 1. The van der Waals surface area contributed by atoms with Crippen LogP contribution in [0, 0.1) is 5.82 Å². The Hall–Kier alpha value is -2.12. The third-order valence-corrected chi connectivity index (χ3v) is 5.91. The van der Waals surface area contributed by atoms with Gasteiger partial charge in [-0.05, 0) is 42.4 Å². The van der Waals surface area contributed by atoms with Gasteiger partial charge in [0.25, 0.3) is 0 Å². The van der Waals surface area contributed by atoms with E-state index < -0.39 is 6.04 Å². The van der Waals surface area contributed by atoms with E-state index in [1.165, 1.54) is 12.1 Å². The maximum atomic E-state index is 13.3. The van der Waals surface area contributed by atoms with Crippen LogP contribution >= 0.6 is 24.0 Å². The van der Waals surface area contributed by atoms with E-state index >= 15 is 0 Å². The molecule has 1 saturated heterocycles. The summed E-state index contributed by atoms with van der Waals surface area (Å²) < 4.78 is 18.5. The number of ether oxygens (including phenoxy) is 1. The van der Waals surface area contributed by atoms with E-state index in [9.17, 15) is 9.18 Å². The second kappa shape index (κ2) is 9.19. The lowest BCUT2D eigenvalue weighted by Crippen LogP contribution is -2.48. The molecule has 2 atom stereocenters. The molecule has 4 nitrogen and oxygen atoms in total. The summed E-state index contributed by atoms with van der Waals surface area (Å²) in [7, 11) is 0. The average molecular weight is 405 g/mol. The number of rotatable bonds is 5. The van der Waals surface area contributed by atoms with Crippen LogP contribution in [0.1, 0.15) is 23.4 Å². The summed E-state index contributed by atoms with van der Waals surface area (Å²) in [5.74, 6) is -0.0212. The summed E-state index contributed by atoms with van der Waals surface area (Å²) in [6, 6.07) is 15.7. The molecule has 1 heterocycles. The van der Waals surface area contributed by atoms with Crippen LogP contribution in [-0.4, -0.2) is 34.4 Å². The fourth-order valence-corrected chi connectivity index (χ4v) is 4.72. The van der Waals surface area contributed by atoms with Crippen molar-refractivity contribution >= 4 is 35.1 Å². The third kappa shape index (κ3) is 4.78. The first kappa shape index (κ1) is 19.6. The largest absolute Gasteiger partial charge is 0.464 e. The van der Waals surface area contributed by atoms with Gasteiger partial charge in [0.1, 0.15) is 17.2 Å². The standard InChI is InChI=1S/C20H21FN2O2S2/c1-2-25-19(24)17-13-27-18(15-8-10-16(21)11-9-15)23(17)20(26)22-12-14-6-4-3-5-7-14/h3-11,17-18H,2,12-13H2,1H3,(H,22,26)/t17-,18-/m1/s1. The fraction of sp³-hybridized carbons (Fsp3) is 0.300. The summed E-state index contributed by atoms with van der Waals surface area (Å²) in [6.07, 6.45) is 0. The van der Waals surface area contributed by atoms with E-state index in [1.807, 2.05) is 35.2 Å². The smallest absolute Gasteiger partial charge is 0.329 e. The Morgan fingerprint density at radius 1 is 1.26 bits per heavy atom. The Labute approximate surface area is 168 Å². The van der Waals surface area contributed by atoms with Crippen LogP contribution in [-0.2, 0) is 16.1 Å². The molecule has 7 heteroatoms. The van der Waals surface area contributed by atoms with Gasteiger partial charge in [-0.1, -0.05) is 42.5 Å². The van der Waals surface area contributed by atoms with Gasteiger partial charge in [-0.3, -0.25) is 0 Å². The quantitative estimate of drug-likeness (QED) is 0.603. The molecule has 2 aromatic rings. The van der Waals surface area contributed by atoms with Gasteiger partial charge in [0.2, 0.25) is 0 Å². The second-order valence-corrected chi connectivity index (χ2v) is 7.56. The van der Waals surface area contributed by atoms with E-state index in [4.69, 9.17) is 17.0 Å². The van der Waals surface area contributed by atoms with E-state index in [0.29, 0.717) is 24.0 Å². The molecule has 0 aromatic heterocycles. The van der Waals surface area contributed by atoms with Crippen LogP contribution in [0.3, 0.4) is 0 Å². The molecule has 0 radical (unpaired) electrons. The molecule has 27 heavy (non-hydrogen) atoms. The molecule has 0 saturated carbocycles. The molecule has 1 fully saturated rings. The van der Waals surface area contributed by atoms with Crippen molar-refractivity contribution in [3.8, 4) is 0 Å². The van der Waals surface area contributed by atoms with Crippen LogP contribution in [0.15, 0.2) is 54.6 Å². The topological polar surface area (TPSA) is 41.6 Å². The number of halogens is 1. The number of nitrogens with one attached hydrogen (secondary N) is 1. The summed E-state index contributed by atoms with van der Waals surface area (Å²) in [4.78, 5) is 14.3. The molecule has 3 rings (SSSR count). The van der Waals surface area contributed by atoms with Gasteiger partial charge in [-0.2, -0.15) is 0 Å². The van der Waals surface area contributed by atoms with Crippen LogP contribution in [0.4, 0.5) is 4.39 Å². The number of hydrogen-bond donors (Lipinski definition) is 1. The van der Waals surface area contributed by atoms with Crippen LogP contribution in [0.2, 0.25) is 0 Å². The number of thiocarbonyl (C=S) groups is 1. The minimum absolute atomic E-state index is 0.171. The first-order valence-electron chi connectivity index (χ1n) is 8.74. The normalized spacial score (nSPS) is 19.0. The second-order valence-electron chi connectivity index (χ2n) is 6.06. The predicted molar refractivity (Wildman–Crippen MR) is 110 cm³/mol. The molecule has 1 aliphatic heterocycles. The third-order valence-electron chi connectivity index (χ3n) is 4.24. The van der Waals surface area contributed by atoms with Crippen molar-refractivity contribution in [1.82, 2.24) is 10.2 Å². The molecule has 0 bridgehead atoms. The van der Waals surface area contributed by atoms with Crippen molar-refractivity contribution in [1.29, 1.82) is 0 Å². The summed E-state index contributed by atoms with van der Waals surface area (Å²) in [5, 5.41) is 3.55. The molecule has 0 amide bonds. The molecular weight excluding hydrogens is 383 g/mol. The highest BCUT2D eigenvalue weighted by Gasteiger charge is 2.41. The number of hydrogen-bond acceptors (Lipinski definition) is 4. The highest BCUT2D eigenvalue weighted by Crippen LogP contribution is 2.41. The Bertz CT molecular complexity index is 786. The van der Waals surface area contributed by atoms with E-state index in [1.54, 1.807) is 30.8 Å². The van der Waals surface area contributed by atoms with E-state index in [-0.39, 0.29) is 17.2 Å². The van der Waals surface area contributed by atoms with Gasteiger partial charge < -0.3 is 15.0 Å². The first-order valence-corrected chi connectivity index (χ1v) is 10.2. The van der Waals surface area contributed by atoms with Gasteiger partial charge in [-0.25, -0.2) is 9.18 Å². The Balaban J connectivity index is 1.79. The minimum Gasteiger partial charge on any atom is -0.464 e. The highest BCUT2D eigenvalue weighted by atomic mass is 32.2. The monoisotopic (exact) mass is 404 g/mol. The van der Waals surface area contributed by atoms with Crippen molar-refractivity contribution in [3.63, 3.8) is 0 Å². The Kier molecular flexibility index (Phi) is 6.68. The van der Waals surface area contributed by atoms with Gasteiger partial charge in [-0.15, -0.1) is 11.8 Å². The number of carbonyl (C=O) groups excluding carboxylic acids is 1. The zero-order valence-corrected chi connectivity index (χ0v) is 16.6. The zero-order chi connectivity index (χ0) is 19.2. The lowest BCUT2D eigenvalue weighted by atomic mass is 10.2. The first-order chi connectivity index (χ1) is 13.1. The SMILES string of the molecule is CCOC(=O)[C@H]1CS[C@H](c2ccc(F)cc2)N1C(=S)NCc1ccccc1. The Morgan fingerprint density at radius 2 is 1.96 bits per heavy atom. The molecule has 142 valence electrons. The van der Waals surface area contributed by atoms with E-state index in [2.05, 4.69) is 5.32 Å². The zero-order valence-electron chi connectivity index (χ0n) is 14.9. The predicted octanol–water partition coefficient (Wildman–Crippen LogP) is 3.88. The lowest BCUT2D eigenvalue weighted by Gasteiger charge is -2.31. The molecule has 0 aliphatic carbocycles. The molecule has 1 N–H and O–H groups in total. The van der Waals surface area contributed by atoms with Gasteiger partial charge in [0.05, 0.1) is 6.61 Å². The van der Waals surface area contributed by atoms with Crippen LogP contribution in [0.5, 0.6) is 0 Å². The lowest BCUT2D eigenvalue weighted by molar-refractivity contribution is -0.147. The molecular formula is C20H21FN2O2S2. The number of nitrogens with zero attached hydrogens (tertiary/aromatic N) is 1. The Morgan fingerprint density at radius 3 is 2.63 bits per heavy atom. The van der Waals surface area contributed by atoms with Gasteiger partial charge >= 0.3 is 5.97 Å². The summed E-state index contributed by atoms with van der Waals surface area (Å²) in [6.45, 7) is 2.67. The maximum absolute atomic E-state index is 13.3. The number of carbonyl (C=O) groups is 1. The number of esters is 1. The molecule has 0 unspecified atom stereocenters. The fourth-order valence-electron chi connectivity index (χ4n) is 2.92. The van der Waals surface area contributed by atoms with Crippen LogP contribution < -0.4 is 5.32 Å². The molecule has 0 spiro atoms. The number of benzene rings is 2. The van der Waals surface area contributed by atoms with Gasteiger partial charge in [0.15, 0.2) is 5.11 Å². The molecule has 1 aliphatic rings. The maximum Gasteiger partial charge on any atom is 0.329 e. The average Bonchev–Trinajstić information content (AvgIpc) is 3.13. The van der Waals surface area contributed by atoms with Crippen molar-refractivity contribution in [2.45, 2.75) is 24.9 Å². The van der Waals surface area contributed by atoms with Crippen LogP contribution in [0.25, 0.3) is 0 Å². The summed E-state index contributed by atoms with van der Waals surface area (Å²) >= 11 is 7.21. The van der Waals surface area contributed by atoms with Crippen molar-refractivity contribution < 1.29 is 13.9 Å². The van der Waals surface area contributed by atoms with Crippen molar-refractivity contribution in [2.75, 3.05) is 12.4 Å². The highest BCUT2D eigenvalue weighted by molar-refractivity contribution is 7.99. The minimum atomic E-state index is -0.472. The van der Waals surface area contributed by atoms with Crippen molar-refractivity contribution in [2.24, 2.45) is 0 Å². The summed E-state index contributed by atoms with van der Waals surface area (Å²) in [5.41, 5.74) is 2.00. The van der Waals surface area contributed by atoms with Crippen molar-refractivity contribution in [3.05, 3.63) is 71.5 Å². The van der Waals surface area contributed by atoms with Gasteiger partial charge in [0, 0.05) is 12.3 Å². The van der Waals surface area contributed by atoms with E-state index in [0.717, 1.165) is 11.1 Å². The molecule has 2 aromatic carbocycles.